The fraction of sp³-hybridized carbons (Fsp3) is 0.238. The van der Waals surface area contributed by atoms with Gasteiger partial charge in [0.15, 0.2) is 0 Å². The molecule has 1 atom stereocenters. The van der Waals surface area contributed by atoms with Gasteiger partial charge in [0.1, 0.15) is 12.7 Å². The third-order valence-electron chi connectivity index (χ3n) is 5.03. The highest BCUT2D eigenvalue weighted by atomic mass is 16.2. The zero-order valence-corrected chi connectivity index (χ0v) is 15.6. The molecule has 1 N–H and O–H groups in total. The summed E-state index contributed by atoms with van der Waals surface area (Å²) in [6, 6.07) is 15.2. The first kappa shape index (κ1) is 17.9. The first-order valence-electron chi connectivity index (χ1n) is 9.22. The number of rotatable bonds is 4. The first-order valence-corrected chi connectivity index (χ1v) is 9.22. The van der Waals surface area contributed by atoms with Gasteiger partial charge in [0.05, 0.1) is 18.2 Å². The third kappa shape index (κ3) is 3.64. The van der Waals surface area contributed by atoms with Gasteiger partial charge in [-0.25, -0.2) is 9.67 Å². The van der Waals surface area contributed by atoms with Gasteiger partial charge >= 0.3 is 0 Å². The average molecular weight is 375 g/mol. The van der Waals surface area contributed by atoms with E-state index in [0.29, 0.717) is 12.2 Å². The molecule has 142 valence electrons. The lowest BCUT2D eigenvalue weighted by Gasteiger charge is -2.36. The zero-order valence-electron chi connectivity index (χ0n) is 15.6. The van der Waals surface area contributed by atoms with E-state index < -0.39 is 0 Å². The Hall–Kier alpha value is -3.48. The summed E-state index contributed by atoms with van der Waals surface area (Å²) >= 11 is 0. The van der Waals surface area contributed by atoms with Crippen molar-refractivity contribution in [2.45, 2.75) is 25.8 Å². The van der Waals surface area contributed by atoms with Crippen LogP contribution in [0.25, 0.3) is 5.69 Å². The van der Waals surface area contributed by atoms with Gasteiger partial charge in [-0.15, -0.1) is 0 Å². The van der Waals surface area contributed by atoms with Crippen LogP contribution in [0.15, 0.2) is 61.2 Å². The van der Waals surface area contributed by atoms with Gasteiger partial charge < -0.3 is 10.2 Å². The van der Waals surface area contributed by atoms with Gasteiger partial charge in [0, 0.05) is 19.2 Å². The molecule has 0 aliphatic carbocycles. The molecule has 7 heteroatoms. The number of carbonyl (C=O) groups excluding carboxylic acids is 2. The molecule has 0 radical (unpaired) electrons. The molecule has 28 heavy (non-hydrogen) atoms. The van der Waals surface area contributed by atoms with Crippen LogP contribution in [0.4, 0.5) is 5.69 Å². The van der Waals surface area contributed by atoms with Crippen molar-refractivity contribution in [2.75, 3.05) is 11.9 Å². The summed E-state index contributed by atoms with van der Waals surface area (Å²) in [6.45, 7) is 2.19. The number of benzene rings is 2. The molecule has 1 aromatic heterocycles. The number of hydrogen-bond donors (Lipinski definition) is 1. The normalized spacial score (nSPS) is 15.8. The molecule has 4 rings (SSSR count). The smallest absolute Gasteiger partial charge is 0.226 e. The van der Waals surface area contributed by atoms with Crippen LogP contribution in [-0.2, 0) is 16.0 Å². The molecule has 1 aliphatic heterocycles. The average Bonchev–Trinajstić information content (AvgIpc) is 3.23. The minimum absolute atomic E-state index is 0.00973. The molecule has 0 saturated heterocycles. The monoisotopic (exact) mass is 375 g/mol. The third-order valence-corrected chi connectivity index (χ3v) is 5.03. The summed E-state index contributed by atoms with van der Waals surface area (Å²) in [7, 11) is 0. The number of aromatic nitrogens is 3. The van der Waals surface area contributed by atoms with Crippen LogP contribution >= 0.6 is 0 Å². The summed E-state index contributed by atoms with van der Waals surface area (Å²) in [5, 5.41) is 7.01. The summed E-state index contributed by atoms with van der Waals surface area (Å²) in [4.78, 5) is 30.5. The highest BCUT2D eigenvalue weighted by Crippen LogP contribution is 2.32. The van der Waals surface area contributed by atoms with Crippen LogP contribution in [0.5, 0.6) is 0 Å². The molecule has 0 bridgehead atoms. The van der Waals surface area contributed by atoms with Crippen LogP contribution in [0, 0.1) is 0 Å². The van der Waals surface area contributed by atoms with Gasteiger partial charge in [0.25, 0.3) is 0 Å². The maximum Gasteiger partial charge on any atom is 0.226 e. The lowest BCUT2D eigenvalue weighted by Crippen LogP contribution is -2.40. The van der Waals surface area contributed by atoms with Crippen molar-refractivity contribution in [2.24, 2.45) is 0 Å². The van der Waals surface area contributed by atoms with Gasteiger partial charge in [-0.05, 0) is 41.8 Å². The molecular weight excluding hydrogens is 354 g/mol. The predicted molar refractivity (Wildman–Crippen MR) is 105 cm³/mol. The van der Waals surface area contributed by atoms with Crippen molar-refractivity contribution in [3.05, 3.63) is 72.3 Å². The Morgan fingerprint density at radius 2 is 1.93 bits per heavy atom. The highest BCUT2D eigenvalue weighted by molar-refractivity contribution is 5.91. The van der Waals surface area contributed by atoms with E-state index >= 15 is 0 Å². The standard InChI is InChI=1S/C21H21N5O2/c1-15(27)25-11-10-16-4-2-3-5-19(16)20(25)12-21(28)24-17-6-8-18(9-7-17)26-14-22-13-23-26/h2-9,13-14,20H,10-12H2,1H3,(H,24,28). The molecule has 7 nitrogen and oxygen atoms in total. The topological polar surface area (TPSA) is 80.1 Å². The summed E-state index contributed by atoms with van der Waals surface area (Å²) in [6.07, 6.45) is 4.13. The van der Waals surface area contributed by atoms with Crippen LogP contribution in [-0.4, -0.2) is 38.0 Å². The Balaban J connectivity index is 1.48. The predicted octanol–water partition coefficient (Wildman–Crippen LogP) is 2.74. The highest BCUT2D eigenvalue weighted by Gasteiger charge is 2.30. The maximum absolute atomic E-state index is 12.7. The summed E-state index contributed by atoms with van der Waals surface area (Å²) in [5.74, 6) is -0.133. The van der Waals surface area contributed by atoms with E-state index in [1.165, 1.54) is 11.9 Å². The molecule has 2 aromatic carbocycles. The van der Waals surface area contributed by atoms with E-state index in [2.05, 4.69) is 21.5 Å². The van der Waals surface area contributed by atoms with Crippen LogP contribution in [0.1, 0.15) is 30.5 Å². The Bertz CT molecular complexity index is 982. The van der Waals surface area contributed by atoms with E-state index in [9.17, 15) is 9.59 Å². The Kier molecular flexibility index (Phi) is 4.89. The van der Waals surface area contributed by atoms with E-state index in [-0.39, 0.29) is 24.3 Å². The molecule has 0 fully saturated rings. The van der Waals surface area contributed by atoms with Gasteiger partial charge in [-0.3, -0.25) is 9.59 Å². The minimum Gasteiger partial charge on any atom is -0.335 e. The Labute approximate surface area is 163 Å². The SMILES string of the molecule is CC(=O)N1CCc2ccccc2C1CC(=O)Nc1ccc(-n2cncn2)cc1. The molecule has 2 amide bonds. The molecule has 0 saturated carbocycles. The summed E-state index contributed by atoms with van der Waals surface area (Å²) in [5.41, 5.74) is 3.82. The fourth-order valence-corrected chi connectivity index (χ4v) is 3.68. The lowest BCUT2D eigenvalue weighted by atomic mass is 9.90. The first-order chi connectivity index (χ1) is 13.6. The van der Waals surface area contributed by atoms with Crippen molar-refractivity contribution in [1.82, 2.24) is 19.7 Å². The number of nitrogens with zero attached hydrogens (tertiary/aromatic N) is 4. The van der Waals surface area contributed by atoms with Gasteiger partial charge in [-0.2, -0.15) is 5.10 Å². The summed E-state index contributed by atoms with van der Waals surface area (Å²) < 4.78 is 1.65. The second-order valence-electron chi connectivity index (χ2n) is 6.82. The fourth-order valence-electron chi connectivity index (χ4n) is 3.68. The number of amides is 2. The second kappa shape index (κ2) is 7.64. The molecular formula is C21H21N5O2. The number of anilines is 1. The van der Waals surface area contributed by atoms with E-state index in [4.69, 9.17) is 0 Å². The second-order valence-corrected chi connectivity index (χ2v) is 6.82. The minimum atomic E-state index is -0.239. The van der Waals surface area contributed by atoms with Crippen molar-refractivity contribution >= 4 is 17.5 Å². The largest absolute Gasteiger partial charge is 0.335 e. The molecule has 1 unspecified atom stereocenters. The maximum atomic E-state index is 12.7. The van der Waals surface area contributed by atoms with E-state index in [0.717, 1.165) is 17.7 Å². The van der Waals surface area contributed by atoms with Crippen molar-refractivity contribution < 1.29 is 9.59 Å². The van der Waals surface area contributed by atoms with Crippen LogP contribution in [0.3, 0.4) is 0 Å². The van der Waals surface area contributed by atoms with E-state index in [1.807, 2.05) is 42.5 Å². The Morgan fingerprint density at radius 1 is 1.14 bits per heavy atom. The molecule has 0 spiro atoms. The Morgan fingerprint density at radius 3 is 2.64 bits per heavy atom. The molecule has 3 aromatic rings. The van der Waals surface area contributed by atoms with Crippen molar-refractivity contribution in [3.63, 3.8) is 0 Å². The molecule has 1 aliphatic rings. The van der Waals surface area contributed by atoms with Crippen molar-refractivity contribution in [3.8, 4) is 5.69 Å². The zero-order chi connectivity index (χ0) is 19.5. The number of carbonyl (C=O) groups is 2. The number of nitrogens with one attached hydrogen (secondary N) is 1. The van der Waals surface area contributed by atoms with Gasteiger partial charge in [0.2, 0.25) is 11.8 Å². The molecule has 2 heterocycles. The van der Waals surface area contributed by atoms with Crippen molar-refractivity contribution in [1.29, 1.82) is 0 Å². The number of hydrogen-bond acceptors (Lipinski definition) is 4. The quantitative estimate of drug-likeness (QED) is 0.760. The van der Waals surface area contributed by atoms with E-state index in [1.54, 1.807) is 22.8 Å². The van der Waals surface area contributed by atoms with Gasteiger partial charge in [-0.1, -0.05) is 24.3 Å². The lowest BCUT2D eigenvalue weighted by molar-refractivity contribution is -0.132. The number of fused-ring (bicyclic) bond motifs is 1. The van der Waals surface area contributed by atoms with Crippen LogP contribution < -0.4 is 5.32 Å². The van der Waals surface area contributed by atoms with Crippen LogP contribution in [0.2, 0.25) is 0 Å².